The van der Waals surface area contributed by atoms with Gasteiger partial charge < -0.3 is 5.11 Å². The third kappa shape index (κ3) is 7.88. The molecule has 1 N–H and O–H groups in total. The summed E-state index contributed by atoms with van der Waals surface area (Å²) in [4.78, 5) is 0. The molecule has 0 aromatic carbocycles. The van der Waals surface area contributed by atoms with Gasteiger partial charge >= 0.3 is 8.25 Å². The van der Waals surface area contributed by atoms with Crippen molar-refractivity contribution >= 4 is 8.25 Å². The monoisotopic (exact) mass is 181 g/mol. The summed E-state index contributed by atoms with van der Waals surface area (Å²) in [7, 11) is -1.93. The van der Waals surface area contributed by atoms with Crippen LogP contribution in [0, 0.1) is 0 Å². The fourth-order valence-corrected chi connectivity index (χ4v) is 1.06. The van der Waals surface area contributed by atoms with Gasteiger partial charge in [-0.1, -0.05) is 0 Å². The van der Waals surface area contributed by atoms with Gasteiger partial charge in [-0.15, -0.1) is 9.05 Å². The van der Waals surface area contributed by atoms with Crippen LogP contribution in [0.3, 0.4) is 0 Å². The Morgan fingerprint density at radius 2 is 2.09 bits per heavy atom. The van der Waals surface area contributed by atoms with E-state index in [9.17, 15) is 4.57 Å². The van der Waals surface area contributed by atoms with Crippen LogP contribution >= 0.6 is 8.25 Å². The lowest BCUT2D eigenvalue weighted by Gasteiger charge is -1.89. The minimum atomic E-state index is -1.93. The molecular weight excluding hydrogens is 167 g/mol. The Kier molecular flexibility index (Phi) is 8.07. The quantitative estimate of drug-likeness (QED) is 0.477. The summed E-state index contributed by atoms with van der Waals surface area (Å²) >= 11 is 0. The molecule has 11 heavy (non-hydrogen) atoms. The number of rotatable bonds is 7. The van der Waals surface area contributed by atoms with Gasteiger partial charge in [0.25, 0.3) is 0 Å². The molecule has 0 saturated heterocycles. The fourth-order valence-electron chi connectivity index (χ4n) is 0.496. The van der Waals surface area contributed by atoms with Crippen LogP contribution < -0.4 is 0 Å². The molecule has 0 aliphatic heterocycles. The Bertz CT molecular complexity index is 107. The molecule has 1 unspecified atom stereocenters. The van der Waals surface area contributed by atoms with Crippen LogP contribution in [0.1, 0.15) is 19.8 Å². The number of aliphatic hydroxyl groups is 1. The van der Waals surface area contributed by atoms with Crippen molar-refractivity contribution in [1.82, 2.24) is 0 Å². The zero-order valence-electron chi connectivity index (χ0n) is 6.65. The summed E-state index contributed by atoms with van der Waals surface area (Å²) < 4.78 is 20.1. The summed E-state index contributed by atoms with van der Waals surface area (Å²) in [6.45, 7) is 2.68. The van der Waals surface area contributed by atoms with Crippen molar-refractivity contribution in [3.63, 3.8) is 0 Å². The van der Waals surface area contributed by atoms with Crippen LogP contribution in [0.15, 0.2) is 0 Å². The Morgan fingerprint density at radius 1 is 1.36 bits per heavy atom. The van der Waals surface area contributed by atoms with Gasteiger partial charge in [0.1, 0.15) is 13.2 Å². The van der Waals surface area contributed by atoms with Crippen LogP contribution in [0.25, 0.3) is 0 Å². The summed E-state index contributed by atoms with van der Waals surface area (Å²) in [6, 6.07) is 0. The largest absolute Gasteiger partial charge is 0.697 e. The van der Waals surface area contributed by atoms with E-state index in [0.717, 1.165) is 0 Å². The first-order valence-electron chi connectivity index (χ1n) is 3.65. The van der Waals surface area contributed by atoms with E-state index in [1.807, 2.05) is 0 Å². The fraction of sp³-hybridized carbons (Fsp3) is 1.00. The maximum absolute atomic E-state index is 10.6. The molecule has 0 saturated carbocycles. The van der Waals surface area contributed by atoms with Crippen molar-refractivity contribution in [2.75, 3.05) is 19.8 Å². The molecule has 1 atom stereocenters. The first-order chi connectivity index (χ1) is 5.31. The molecule has 0 rings (SSSR count). The summed E-state index contributed by atoms with van der Waals surface area (Å²) in [5.41, 5.74) is 0. The smallest absolute Gasteiger partial charge is 0.396 e. The summed E-state index contributed by atoms with van der Waals surface area (Å²) in [5.74, 6) is 0. The molecule has 0 aliphatic carbocycles. The molecule has 0 fully saturated rings. The highest BCUT2D eigenvalue weighted by Gasteiger charge is 2.17. The lowest BCUT2D eigenvalue weighted by Crippen LogP contribution is -1.91. The third-order valence-electron chi connectivity index (χ3n) is 0.984. The van der Waals surface area contributed by atoms with Crippen molar-refractivity contribution in [3.05, 3.63) is 0 Å². The maximum atomic E-state index is 10.6. The van der Waals surface area contributed by atoms with Gasteiger partial charge in [-0.05, 0) is 19.8 Å². The van der Waals surface area contributed by atoms with E-state index < -0.39 is 8.25 Å². The number of aliphatic hydroxyl groups excluding tert-OH is 1. The topological polar surface area (TPSA) is 55.8 Å². The molecule has 5 heteroatoms. The predicted octanol–water partition coefficient (Wildman–Crippen LogP) is 1.47. The SMILES string of the molecule is CCO[P+](=O)OCCCCO. The van der Waals surface area contributed by atoms with E-state index in [4.69, 9.17) is 9.63 Å². The normalized spacial score (nSPS) is 11.6. The van der Waals surface area contributed by atoms with Gasteiger partial charge in [0, 0.05) is 11.2 Å². The first-order valence-corrected chi connectivity index (χ1v) is 4.74. The number of hydrogen-bond acceptors (Lipinski definition) is 4. The van der Waals surface area contributed by atoms with Gasteiger partial charge in [-0.25, -0.2) is 0 Å². The zero-order valence-corrected chi connectivity index (χ0v) is 7.55. The van der Waals surface area contributed by atoms with Crippen LogP contribution in [0.2, 0.25) is 0 Å². The lowest BCUT2D eigenvalue weighted by molar-refractivity contribution is 0.217. The van der Waals surface area contributed by atoms with Gasteiger partial charge in [-0.3, -0.25) is 0 Å². The minimum Gasteiger partial charge on any atom is -0.396 e. The summed E-state index contributed by atoms with van der Waals surface area (Å²) in [6.07, 6.45) is 1.39. The maximum Gasteiger partial charge on any atom is 0.697 e. The number of hydrogen-bond donors (Lipinski definition) is 1. The van der Waals surface area contributed by atoms with E-state index in [1.54, 1.807) is 6.92 Å². The Morgan fingerprint density at radius 3 is 2.64 bits per heavy atom. The molecular formula is C6H14O4P+. The second-order valence-electron chi connectivity index (χ2n) is 1.91. The molecule has 0 aromatic rings. The Hall–Kier alpha value is -0.0200. The van der Waals surface area contributed by atoms with Crippen LogP contribution in [0.4, 0.5) is 0 Å². The highest BCUT2D eigenvalue weighted by atomic mass is 31.1. The molecule has 0 heterocycles. The van der Waals surface area contributed by atoms with Crippen molar-refractivity contribution in [2.24, 2.45) is 0 Å². The lowest BCUT2D eigenvalue weighted by atomic mass is 10.3. The molecule has 4 nitrogen and oxygen atoms in total. The van der Waals surface area contributed by atoms with E-state index in [0.29, 0.717) is 26.1 Å². The molecule has 0 bridgehead atoms. The van der Waals surface area contributed by atoms with E-state index in [1.165, 1.54) is 0 Å². The van der Waals surface area contributed by atoms with Gasteiger partial charge in [-0.2, -0.15) is 0 Å². The Balaban J connectivity index is 3.04. The predicted molar refractivity (Wildman–Crippen MR) is 41.5 cm³/mol. The van der Waals surface area contributed by atoms with Crippen molar-refractivity contribution < 1.29 is 18.7 Å². The van der Waals surface area contributed by atoms with E-state index >= 15 is 0 Å². The second kappa shape index (κ2) is 8.08. The standard InChI is InChI=1S/C6H14O4P/c1-2-9-11(8)10-6-4-3-5-7/h7H,2-6H2,1H3/q+1. The summed E-state index contributed by atoms with van der Waals surface area (Å²) in [5, 5.41) is 8.38. The highest BCUT2D eigenvalue weighted by molar-refractivity contribution is 7.33. The van der Waals surface area contributed by atoms with Crippen molar-refractivity contribution in [2.45, 2.75) is 19.8 Å². The Labute approximate surface area is 67.5 Å². The molecule has 0 aliphatic rings. The van der Waals surface area contributed by atoms with Gasteiger partial charge in [0.15, 0.2) is 0 Å². The van der Waals surface area contributed by atoms with E-state index in [2.05, 4.69) is 4.52 Å². The number of unbranched alkanes of at least 4 members (excludes halogenated alkanes) is 1. The van der Waals surface area contributed by atoms with Crippen LogP contribution in [-0.4, -0.2) is 24.9 Å². The van der Waals surface area contributed by atoms with Gasteiger partial charge in [0.05, 0.1) is 0 Å². The zero-order chi connectivity index (χ0) is 8.53. The van der Waals surface area contributed by atoms with E-state index in [-0.39, 0.29) is 6.61 Å². The first kappa shape index (κ1) is 11.0. The highest BCUT2D eigenvalue weighted by Crippen LogP contribution is 2.23. The third-order valence-corrected chi connectivity index (χ3v) is 1.85. The molecule has 66 valence electrons. The van der Waals surface area contributed by atoms with Crippen LogP contribution in [0.5, 0.6) is 0 Å². The second-order valence-corrected chi connectivity index (χ2v) is 2.87. The minimum absolute atomic E-state index is 0.148. The van der Waals surface area contributed by atoms with Crippen molar-refractivity contribution in [1.29, 1.82) is 0 Å². The van der Waals surface area contributed by atoms with Gasteiger partial charge in [0.2, 0.25) is 0 Å². The van der Waals surface area contributed by atoms with Crippen molar-refractivity contribution in [3.8, 4) is 0 Å². The van der Waals surface area contributed by atoms with Crippen LogP contribution in [-0.2, 0) is 13.6 Å². The molecule has 0 aromatic heterocycles. The molecule has 0 radical (unpaired) electrons. The molecule has 0 spiro atoms. The molecule has 0 amide bonds. The average molecular weight is 181 g/mol. The average Bonchev–Trinajstić information content (AvgIpc) is 1.99.